The van der Waals surface area contributed by atoms with Gasteiger partial charge in [-0.3, -0.25) is 0 Å². The van der Waals surface area contributed by atoms with Crippen LogP contribution < -0.4 is 10.1 Å². The molecule has 0 saturated carbocycles. The van der Waals surface area contributed by atoms with Crippen molar-refractivity contribution < 1.29 is 9.15 Å². The summed E-state index contributed by atoms with van der Waals surface area (Å²) in [5.74, 6) is 1.75. The van der Waals surface area contributed by atoms with Crippen molar-refractivity contribution in [3.8, 4) is 5.75 Å². The van der Waals surface area contributed by atoms with Gasteiger partial charge in [-0.1, -0.05) is 0 Å². The SMILES string of the molecule is Cc1occc1OC1CCCNC1. The summed E-state index contributed by atoms with van der Waals surface area (Å²) in [5.41, 5.74) is 0. The van der Waals surface area contributed by atoms with Crippen molar-refractivity contribution in [2.24, 2.45) is 0 Å². The van der Waals surface area contributed by atoms with E-state index in [1.54, 1.807) is 6.26 Å². The maximum absolute atomic E-state index is 5.77. The summed E-state index contributed by atoms with van der Waals surface area (Å²) in [6, 6.07) is 1.88. The molecule has 13 heavy (non-hydrogen) atoms. The van der Waals surface area contributed by atoms with Crippen LogP contribution in [0.5, 0.6) is 5.75 Å². The Hall–Kier alpha value is -0.960. The van der Waals surface area contributed by atoms with Crippen LogP contribution in [0.3, 0.4) is 0 Å². The molecule has 0 radical (unpaired) electrons. The van der Waals surface area contributed by atoms with Gasteiger partial charge in [0.05, 0.1) is 6.26 Å². The number of furan rings is 1. The van der Waals surface area contributed by atoms with E-state index < -0.39 is 0 Å². The highest BCUT2D eigenvalue weighted by Crippen LogP contribution is 2.21. The third-order valence-electron chi connectivity index (χ3n) is 2.36. The van der Waals surface area contributed by atoms with Crippen molar-refractivity contribution in [3.63, 3.8) is 0 Å². The fraction of sp³-hybridized carbons (Fsp3) is 0.600. The number of nitrogens with one attached hydrogen (secondary N) is 1. The van der Waals surface area contributed by atoms with Gasteiger partial charge in [0.25, 0.3) is 0 Å². The number of hydrogen-bond donors (Lipinski definition) is 1. The molecular formula is C10H15NO2. The van der Waals surface area contributed by atoms with Crippen LogP contribution in [0.25, 0.3) is 0 Å². The van der Waals surface area contributed by atoms with Gasteiger partial charge in [-0.2, -0.15) is 0 Å². The summed E-state index contributed by atoms with van der Waals surface area (Å²) in [6.07, 6.45) is 4.31. The third-order valence-corrected chi connectivity index (χ3v) is 2.36. The normalized spacial score (nSPS) is 23.0. The summed E-state index contributed by atoms with van der Waals surface area (Å²) in [5, 5.41) is 3.31. The topological polar surface area (TPSA) is 34.4 Å². The largest absolute Gasteiger partial charge is 0.485 e. The monoisotopic (exact) mass is 181 g/mol. The van der Waals surface area contributed by atoms with E-state index in [2.05, 4.69) is 5.32 Å². The number of rotatable bonds is 2. The predicted molar refractivity (Wildman–Crippen MR) is 50.0 cm³/mol. The molecular weight excluding hydrogens is 166 g/mol. The van der Waals surface area contributed by atoms with Crippen molar-refractivity contribution in [3.05, 3.63) is 18.1 Å². The van der Waals surface area contributed by atoms with E-state index in [-0.39, 0.29) is 0 Å². The summed E-state index contributed by atoms with van der Waals surface area (Å²) < 4.78 is 10.9. The molecule has 0 aromatic carbocycles. The van der Waals surface area contributed by atoms with Crippen molar-refractivity contribution in [1.82, 2.24) is 5.32 Å². The molecule has 3 nitrogen and oxygen atoms in total. The Labute approximate surface area is 78.1 Å². The first-order chi connectivity index (χ1) is 6.36. The van der Waals surface area contributed by atoms with Crippen molar-refractivity contribution in [1.29, 1.82) is 0 Å². The van der Waals surface area contributed by atoms with Gasteiger partial charge in [0.1, 0.15) is 11.9 Å². The van der Waals surface area contributed by atoms with Crippen LogP contribution in [-0.4, -0.2) is 19.2 Å². The minimum atomic E-state index is 0.310. The number of piperidine rings is 1. The molecule has 1 aliphatic heterocycles. The molecule has 1 atom stereocenters. The highest BCUT2D eigenvalue weighted by atomic mass is 16.5. The van der Waals surface area contributed by atoms with E-state index in [0.717, 1.165) is 31.0 Å². The van der Waals surface area contributed by atoms with Gasteiger partial charge in [-0.15, -0.1) is 0 Å². The molecule has 1 unspecified atom stereocenters. The molecule has 1 aromatic heterocycles. The molecule has 0 spiro atoms. The average molecular weight is 181 g/mol. The molecule has 2 rings (SSSR count). The maximum Gasteiger partial charge on any atom is 0.160 e. The molecule has 0 aliphatic carbocycles. The molecule has 1 aliphatic rings. The lowest BCUT2D eigenvalue weighted by Gasteiger charge is -2.23. The van der Waals surface area contributed by atoms with Gasteiger partial charge in [0.15, 0.2) is 5.75 Å². The van der Waals surface area contributed by atoms with Gasteiger partial charge in [-0.05, 0) is 26.3 Å². The molecule has 1 saturated heterocycles. The van der Waals surface area contributed by atoms with E-state index in [9.17, 15) is 0 Å². The lowest BCUT2D eigenvalue weighted by molar-refractivity contribution is 0.164. The van der Waals surface area contributed by atoms with E-state index >= 15 is 0 Å². The fourth-order valence-corrected chi connectivity index (χ4v) is 1.60. The van der Waals surface area contributed by atoms with E-state index in [1.807, 2.05) is 13.0 Å². The number of ether oxygens (including phenoxy) is 1. The third kappa shape index (κ3) is 2.04. The minimum absolute atomic E-state index is 0.310. The molecule has 72 valence electrons. The Morgan fingerprint density at radius 2 is 2.54 bits per heavy atom. The van der Waals surface area contributed by atoms with E-state index in [1.165, 1.54) is 6.42 Å². The smallest absolute Gasteiger partial charge is 0.160 e. The van der Waals surface area contributed by atoms with Crippen LogP contribution in [0.15, 0.2) is 16.7 Å². The molecule has 1 aromatic rings. The zero-order valence-electron chi connectivity index (χ0n) is 7.88. The lowest BCUT2D eigenvalue weighted by atomic mass is 10.1. The van der Waals surface area contributed by atoms with Gasteiger partial charge in [0.2, 0.25) is 0 Å². The molecule has 3 heteroatoms. The Morgan fingerprint density at radius 3 is 3.15 bits per heavy atom. The summed E-state index contributed by atoms with van der Waals surface area (Å²) in [6.45, 7) is 3.99. The van der Waals surface area contributed by atoms with E-state index in [0.29, 0.717) is 6.10 Å². The maximum atomic E-state index is 5.77. The van der Waals surface area contributed by atoms with Crippen molar-refractivity contribution >= 4 is 0 Å². The summed E-state index contributed by atoms with van der Waals surface area (Å²) >= 11 is 0. The molecule has 0 bridgehead atoms. The quantitative estimate of drug-likeness (QED) is 0.754. The second-order valence-electron chi connectivity index (χ2n) is 3.43. The van der Waals surface area contributed by atoms with Crippen LogP contribution in [0.4, 0.5) is 0 Å². The molecule has 2 heterocycles. The predicted octanol–water partition coefficient (Wildman–Crippen LogP) is 1.72. The second kappa shape index (κ2) is 3.83. The van der Waals surface area contributed by atoms with Gasteiger partial charge in [0, 0.05) is 12.6 Å². The van der Waals surface area contributed by atoms with Crippen LogP contribution in [0.2, 0.25) is 0 Å². The summed E-state index contributed by atoms with van der Waals surface area (Å²) in [7, 11) is 0. The van der Waals surface area contributed by atoms with Crippen LogP contribution in [0.1, 0.15) is 18.6 Å². The van der Waals surface area contributed by atoms with Crippen LogP contribution >= 0.6 is 0 Å². The standard InChI is InChI=1S/C10H15NO2/c1-8-10(4-6-12-8)13-9-3-2-5-11-7-9/h4,6,9,11H,2-3,5,7H2,1H3. The first kappa shape index (κ1) is 8.63. The van der Waals surface area contributed by atoms with Gasteiger partial charge < -0.3 is 14.5 Å². The average Bonchev–Trinajstić information content (AvgIpc) is 2.54. The Kier molecular flexibility index (Phi) is 2.54. The van der Waals surface area contributed by atoms with Gasteiger partial charge >= 0.3 is 0 Å². The highest BCUT2D eigenvalue weighted by molar-refractivity contribution is 5.23. The lowest BCUT2D eigenvalue weighted by Crippen LogP contribution is -2.37. The Bertz CT molecular complexity index is 264. The Balaban J connectivity index is 1.93. The van der Waals surface area contributed by atoms with Crippen molar-refractivity contribution in [2.45, 2.75) is 25.9 Å². The molecule has 0 amide bonds. The zero-order valence-corrected chi connectivity index (χ0v) is 7.88. The zero-order chi connectivity index (χ0) is 9.10. The first-order valence-electron chi connectivity index (χ1n) is 4.78. The van der Waals surface area contributed by atoms with E-state index in [4.69, 9.17) is 9.15 Å². The second-order valence-corrected chi connectivity index (χ2v) is 3.43. The molecule has 1 N–H and O–H groups in total. The van der Waals surface area contributed by atoms with Gasteiger partial charge in [-0.25, -0.2) is 0 Å². The summed E-state index contributed by atoms with van der Waals surface area (Å²) in [4.78, 5) is 0. The first-order valence-corrected chi connectivity index (χ1v) is 4.78. The number of aryl methyl sites for hydroxylation is 1. The van der Waals surface area contributed by atoms with Crippen LogP contribution in [-0.2, 0) is 0 Å². The Morgan fingerprint density at radius 1 is 1.62 bits per heavy atom. The molecule has 1 fully saturated rings. The van der Waals surface area contributed by atoms with Crippen LogP contribution in [0, 0.1) is 6.92 Å². The number of hydrogen-bond acceptors (Lipinski definition) is 3. The minimum Gasteiger partial charge on any atom is -0.485 e. The van der Waals surface area contributed by atoms with Crippen molar-refractivity contribution in [2.75, 3.05) is 13.1 Å². The fourth-order valence-electron chi connectivity index (χ4n) is 1.60. The highest BCUT2D eigenvalue weighted by Gasteiger charge is 2.15.